The van der Waals surface area contributed by atoms with E-state index in [9.17, 15) is 9.18 Å². The van der Waals surface area contributed by atoms with Gasteiger partial charge in [0, 0.05) is 11.3 Å². The maximum Gasteiger partial charge on any atom is 0.258 e. The predicted molar refractivity (Wildman–Crippen MR) is 117 cm³/mol. The molecular formula is C25H20FN3O2. The highest BCUT2D eigenvalue weighted by Gasteiger charge is 2.16. The van der Waals surface area contributed by atoms with Gasteiger partial charge in [-0.2, -0.15) is 5.26 Å². The summed E-state index contributed by atoms with van der Waals surface area (Å²) in [4.78, 5) is 17.2. The van der Waals surface area contributed by atoms with Crippen molar-refractivity contribution in [2.24, 2.45) is 0 Å². The quantitative estimate of drug-likeness (QED) is 0.433. The molecule has 6 heteroatoms. The normalized spacial score (nSPS) is 11.0. The second kappa shape index (κ2) is 8.04. The van der Waals surface area contributed by atoms with Crippen LogP contribution in [0.15, 0.2) is 59.0 Å². The van der Waals surface area contributed by atoms with Crippen LogP contribution >= 0.6 is 0 Å². The van der Waals surface area contributed by atoms with E-state index in [0.29, 0.717) is 28.6 Å². The van der Waals surface area contributed by atoms with Crippen LogP contribution in [-0.4, -0.2) is 10.9 Å². The van der Waals surface area contributed by atoms with Gasteiger partial charge in [-0.25, -0.2) is 9.37 Å². The number of benzene rings is 3. The second-order valence-electron chi connectivity index (χ2n) is 7.69. The third kappa shape index (κ3) is 4.03. The second-order valence-corrected chi connectivity index (χ2v) is 7.69. The lowest BCUT2D eigenvalue weighted by molar-refractivity contribution is 0.102. The van der Waals surface area contributed by atoms with E-state index in [4.69, 9.17) is 9.68 Å². The zero-order valence-corrected chi connectivity index (χ0v) is 17.4. The number of halogens is 1. The highest BCUT2D eigenvalue weighted by Crippen LogP contribution is 2.30. The van der Waals surface area contributed by atoms with Crippen molar-refractivity contribution in [3.63, 3.8) is 0 Å². The first kappa shape index (κ1) is 20.3. The van der Waals surface area contributed by atoms with Gasteiger partial charge < -0.3 is 9.73 Å². The maximum absolute atomic E-state index is 14.2. The monoisotopic (exact) mass is 413 g/mol. The van der Waals surface area contributed by atoms with E-state index in [-0.39, 0.29) is 11.1 Å². The van der Waals surface area contributed by atoms with E-state index < -0.39 is 11.7 Å². The number of nitrogens with zero attached hydrogens (tertiary/aromatic N) is 2. The highest BCUT2D eigenvalue weighted by atomic mass is 19.1. The number of nitriles is 1. The number of hydrogen-bond donors (Lipinski definition) is 1. The van der Waals surface area contributed by atoms with Crippen molar-refractivity contribution in [2.45, 2.75) is 26.7 Å². The van der Waals surface area contributed by atoms with Crippen molar-refractivity contribution in [3.8, 4) is 17.5 Å². The fourth-order valence-corrected chi connectivity index (χ4v) is 3.28. The summed E-state index contributed by atoms with van der Waals surface area (Å²) in [6, 6.07) is 17.0. The van der Waals surface area contributed by atoms with E-state index in [2.05, 4.69) is 24.1 Å². The lowest BCUT2D eigenvalue weighted by Crippen LogP contribution is -2.14. The molecule has 0 saturated heterocycles. The topological polar surface area (TPSA) is 78.9 Å². The van der Waals surface area contributed by atoms with Gasteiger partial charge in [-0.15, -0.1) is 0 Å². The van der Waals surface area contributed by atoms with Crippen LogP contribution in [-0.2, 0) is 0 Å². The number of carbonyl (C=O) groups excluding carboxylic acids is 1. The molecule has 0 saturated carbocycles. The number of aromatic nitrogens is 1. The molecule has 0 spiro atoms. The van der Waals surface area contributed by atoms with Gasteiger partial charge >= 0.3 is 0 Å². The molecule has 1 amide bonds. The van der Waals surface area contributed by atoms with Gasteiger partial charge in [-0.05, 0) is 66.4 Å². The Kier molecular flexibility index (Phi) is 5.26. The Labute approximate surface area is 179 Å². The van der Waals surface area contributed by atoms with Crippen molar-refractivity contribution < 1.29 is 13.6 Å². The smallest absolute Gasteiger partial charge is 0.258 e. The summed E-state index contributed by atoms with van der Waals surface area (Å²) >= 11 is 0. The molecule has 0 aliphatic carbocycles. The molecule has 0 unspecified atom stereocenters. The number of fused-ring (bicyclic) bond motifs is 1. The van der Waals surface area contributed by atoms with Crippen LogP contribution in [0.25, 0.3) is 22.6 Å². The molecule has 4 aromatic rings. The Hall–Kier alpha value is -3.98. The molecule has 1 heterocycles. The van der Waals surface area contributed by atoms with E-state index in [1.807, 2.05) is 43.3 Å². The Morgan fingerprint density at radius 3 is 2.65 bits per heavy atom. The minimum Gasteiger partial charge on any atom is -0.436 e. The first-order chi connectivity index (χ1) is 14.9. The zero-order chi connectivity index (χ0) is 22.1. The number of anilines is 1. The van der Waals surface area contributed by atoms with Crippen LogP contribution in [0.5, 0.6) is 0 Å². The average Bonchev–Trinajstić information content (AvgIpc) is 3.18. The van der Waals surface area contributed by atoms with Crippen molar-refractivity contribution in [1.82, 2.24) is 4.98 Å². The molecule has 0 fully saturated rings. The third-order valence-corrected chi connectivity index (χ3v) is 5.15. The van der Waals surface area contributed by atoms with Gasteiger partial charge in [0.05, 0.1) is 17.2 Å². The molecule has 1 N–H and O–H groups in total. The molecule has 3 aromatic carbocycles. The largest absolute Gasteiger partial charge is 0.436 e. The number of hydrogen-bond acceptors (Lipinski definition) is 4. The summed E-state index contributed by atoms with van der Waals surface area (Å²) in [5.41, 5.74) is 4.69. The Bertz CT molecular complexity index is 1350. The van der Waals surface area contributed by atoms with Gasteiger partial charge in [0.25, 0.3) is 5.91 Å². The zero-order valence-electron chi connectivity index (χ0n) is 17.4. The van der Waals surface area contributed by atoms with Gasteiger partial charge in [0.2, 0.25) is 5.89 Å². The molecule has 0 aliphatic heterocycles. The van der Waals surface area contributed by atoms with Gasteiger partial charge in [0.1, 0.15) is 11.3 Å². The summed E-state index contributed by atoms with van der Waals surface area (Å²) in [6.45, 7) is 6.08. The van der Waals surface area contributed by atoms with Crippen molar-refractivity contribution in [3.05, 3.63) is 82.7 Å². The summed E-state index contributed by atoms with van der Waals surface area (Å²) < 4.78 is 20.1. The van der Waals surface area contributed by atoms with Crippen LogP contribution in [0, 0.1) is 24.1 Å². The molecule has 1 aromatic heterocycles. The van der Waals surface area contributed by atoms with E-state index >= 15 is 0 Å². The molecule has 0 atom stereocenters. The summed E-state index contributed by atoms with van der Waals surface area (Å²) in [7, 11) is 0. The first-order valence-electron chi connectivity index (χ1n) is 9.88. The SMILES string of the molecule is Cc1ccc(-c2nc3cc(C(C)C)ccc3o2)cc1NC(=O)c1ccc(C#N)cc1F. The standard InChI is InChI=1S/C25H20FN3O2/c1-14(2)17-7-9-23-22(11-17)29-25(31-23)18-6-4-15(3)21(12-18)28-24(30)19-8-5-16(13-27)10-20(19)26/h4-12,14H,1-3H3,(H,28,30). The number of aryl methyl sites for hydroxylation is 1. The summed E-state index contributed by atoms with van der Waals surface area (Å²) in [5.74, 6) is -0.518. The van der Waals surface area contributed by atoms with Crippen LogP contribution < -0.4 is 5.32 Å². The van der Waals surface area contributed by atoms with Crippen LogP contribution in [0.3, 0.4) is 0 Å². The third-order valence-electron chi connectivity index (χ3n) is 5.15. The minimum absolute atomic E-state index is 0.133. The summed E-state index contributed by atoms with van der Waals surface area (Å²) in [6.07, 6.45) is 0. The number of amides is 1. The predicted octanol–water partition coefficient (Wildman–Crippen LogP) is 6.19. The van der Waals surface area contributed by atoms with E-state index in [0.717, 1.165) is 17.1 Å². The number of nitrogens with one attached hydrogen (secondary N) is 1. The lowest BCUT2D eigenvalue weighted by Gasteiger charge is -2.10. The van der Waals surface area contributed by atoms with Crippen molar-refractivity contribution >= 4 is 22.7 Å². The number of carbonyl (C=O) groups is 1. The molecular weight excluding hydrogens is 393 g/mol. The first-order valence-corrected chi connectivity index (χ1v) is 9.88. The van der Waals surface area contributed by atoms with E-state index in [1.54, 1.807) is 6.07 Å². The highest BCUT2D eigenvalue weighted by molar-refractivity contribution is 6.05. The molecule has 5 nitrogen and oxygen atoms in total. The van der Waals surface area contributed by atoms with Crippen LogP contribution in [0.4, 0.5) is 10.1 Å². The fourth-order valence-electron chi connectivity index (χ4n) is 3.28. The average molecular weight is 413 g/mol. The van der Waals surface area contributed by atoms with Gasteiger partial charge in [-0.1, -0.05) is 26.0 Å². The van der Waals surface area contributed by atoms with Crippen molar-refractivity contribution in [2.75, 3.05) is 5.32 Å². The van der Waals surface area contributed by atoms with Crippen molar-refractivity contribution in [1.29, 1.82) is 5.26 Å². The molecule has 154 valence electrons. The Balaban J connectivity index is 1.65. The van der Waals surface area contributed by atoms with Crippen LogP contribution in [0.2, 0.25) is 0 Å². The van der Waals surface area contributed by atoms with Gasteiger partial charge in [0.15, 0.2) is 5.58 Å². The van der Waals surface area contributed by atoms with Crippen LogP contribution in [0.1, 0.15) is 46.8 Å². The number of rotatable bonds is 4. The maximum atomic E-state index is 14.2. The molecule has 31 heavy (non-hydrogen) atoms. The molecule has 0 radical (unpaired) electrons. The Morgan fingerprint density at radius 1 is 1.13 bits per heavy atom. The fraction of sp³-hybridized carbons (Fsp3) is 0.160. The molecule has 0 bridgehead atoms. The summed E-state index contributed by atoms with van der Waals surface area (Å²) in [5, 5.41) is 11.6. The molecule has 4 rings (SSSR count). The molecule has 0 aliphatic rings. The number of oxazole rings is 1. The van der Waals surface area contributed by atoms with Gasteiger partial charge in [-0.3, -0.25) is 4.79 Å². The Morgan fingerprint density at radius 2 is 1.94 bits per heavy atom. The van der Waals surface area contributed by atoms with E-state index in [1.165, 1.54) is 17.7 Å². The lowest BCUT2D eigenvalue weighted by atomic mass is 10.0. The minimum atomic E-state index is -0.745.